The number of hydrogen-bond donors (Lipinski definition) is 0. The maximum absolute atomic E-state index is 11.5. The van der Waals surface area contributed by atoms with Crippen LogP contribution in [-0.4, -0.2) is 5.78 Å². The minimum Gasteiger partial charge on any atom is -0.299 e. The third-order valence-corrected chi connectivity index (χ3v) is 3.56. The number of benzene rings is 1. The van der Waals surface area contributed by atoms with Crippen LogP contribution in [0.3, 0.4) is 0 Å². The molecule has 80 valence electrons. The van der Waals surface area contributed by atoms with Gasteiger partial charge in [0.2, 0.25) is 0 Å². The van der Waals surface area contributed by atoms with Gasteiger partial charge in [0, 0.05) is 17.4 Å². The van der Waals surface area contributed by atoms with Crippen LogP contribution in [0.5, 0.6) is 0 Å². The molecule has 0 bridgehead atoms. The molecule has 1 saturated carbocycles. The molecule has 0 aromatic heterocycles. The summed E-state index contributed by atoms with van der Waals surface area (Å²) in [6, 6.07) is 6.04. The molecule has 1 aromatic rings. The van der Waals surface area contributed by atoms with Crippen LogP contribution in [0.4, 0.5) is 0 Å². The zero-order chi connectivity index (χ0) is 10.8. The van der Waals surface area contributed by atoms with E-state index in [2.05, 4.69) is 6.07 Å². The van der Waals surface area contributed by atoms with Gasteiger partial charge in [0.1, 0.15) is 5.78 Å². The van der Waals surface area contributed by atoms with E-state index < -0.39 is 0 Å². The highest BCUT2D eigenvalue weighted by molar-refractivity contribution is 6.31. The lowest BCUT2D eigenvalue weighted by molar-refractivity contribution is -0.120. The Labute approximate surface area is 95.4 Å². The van der Waals surface area contributed by atoms with Crippen LogP contribution >= 0.6 is 11.6 Å². The summed E-state index contributed by atoms with van der Waals surface area (Å²) in [6.07, 6.45) is 3.78. The molecule has 1 atom stereocenters. The second kappa shape index (κ2) is 4.36. The van der Waals surface area contributed by atoms with Crippen molar-refractivity contribution in [2.75, 3.05) is 0 Å². The lowest BCUT2D eigenvalue weighted by Crippen LogP contribution is -2.09. The largest absolute Gasteiger partial charge is 0.299 e. The minimum atomic E-state index is 0.255. The molecule has 15 heavy (non-hydrogen) atoms. The Morgan fingerprint density at radius 1 is 1.47 bits per heavy atom. The third-order valence-electron chi connectivity index (χ3n) is 3.14. The van der Waals surface area contributed by atoms with Crippen molar-refractivity contribution in [3.05, 3.63) is 34.3 Å². The molecule has 0 spiro atoms. The van der Waals surface area contributed by atoms with Gasteiger partial charge < -0.3 is 0 Å². The van der Waals surface area contributed by atoms with E-state index in [0.29, 0.717) is 5.78 Å². The summed E-state index contributed by atoms with van der Waals surface area (Å²) in [5, 5.41) is 0.802. The number of hydrogen-bond acceptors (Lipinski definition) is 1. The number of aryl methyl sites for hydroxylation is 1. The fourth-order valence-electron chi connectivity index (χ4n) is 2.22. The standard InChI is InChI=1S/C13H15ClO/c1-9-7-10(5-6-12(9)14)8-11-3-2-4-13(11)15/h5-7,11H,2-4,8H2,1H3. The fraction of sp³-hybridized carbons (Fsp3) is 0.462. The Balaban J connectivity index is 2.10. The van der Waals surface area contributed by atoms with Crippen LogP contribution in [-0.2, 0) is 11.2 Å². The lowest BCUT2D eigenvalue weighted by Gasteiger charge is -2.09. The second-order valence-electron chi connectivity index (χ2n) is 4.34. The maximum Gasteiger partial charge on any atom is 0.136 e. The first-order chi connectivity index (χ1) is 7.16. The number of ketones is 1. The first kappa shape index (κ1) is 10.7. The van der Waals surface area contributed by atoms with Gasteiger partial charge in [-0.1, -0.05) is 23.7 Å². The SMILES string of the molecule is Cc1cc(CC2CCCC2=O)ccc1Cl. The monoisotopic (exact) mass is 222 g/mol. The maximum atomic E-state index is 11.5. The van der Waals surface area contributed by atoms with Crippen molar-refractivity contribution in [3.8, 4) is 0 Å². The topological polar surface area (TPSA) is 17.1 Å². The van der Waals surface area contributed by atoms with Gasteiger partial charge in [0.15, 0.2) is 0 Å². The predicted octanol–water partition coefficient (Wildman–Crippen LogP) is 3.56. The number of carbonyl (C=O) groups excluding carboxylic acids is 1. The van der Waals surface area contributed by atoms with Gasteiger partial charge in [0.25, 0.3) is 0 Å². The van der Waals surface area contributed by atoms with E-state index >= 15 is 0 Å². The van der Waals surface area contributed by atoms with Crippen LogP contribution in [0, 0.1) is 12.8 Å². The van der Waals surface area contributed by atoms with Gasteiger partial charge in [-0.15, -0.1) is 0 Å². The average molecular weight is 223 g/mol. The van der Waals surface area contributed by atoms with Crippen LogP contribution < -0.4 is 0 Å². The van der Waals surface area contributed by atoms with E-state index in [9.17, 15) is 4.79 Å². The molecule has 1 unspecified atom stereocenters. The zero-order valence-electron chi connectivity index (χ0n) is 8.92. The number of halogens is 1. The number of Topliss-reactive ketones (excluding diaryl/α,β-unsaturated/α-hetero) is 1. The summed E-state index contributed by atoms with van der Waals surface area (Å²) >= 11 is 5.96. The highest BCUT2D eigenvalue weighted by atomic mass is 35.5. The van der Waals surface area contributed by atoms with Crippen molar-refractivity contribution in [1.29, 1.82) is 0 Å². The Hall–Kier alpha value is -0.820. The summed E-state index contributed by atoms with van der Waals surface area (Å²) < 4.78 is 0. The van der Waals surface area contributed by atoms with Crippen LogP contribution in [0.2, 0.25) is 5.02 Å². The van der Waals surface area contributed by atoms with Crippen molar-refractivity contribution < 1.29 is 4.79 Å². The normalized spacial score (nSPS) is 20.9. The quantitative estimate of drug-likeness (QED) is 0.748. The summed E-state index contributed by atoms with van der Waals surface area (Å²) in [5.74, 6) is 0.688. The van der Waals surface area contributed by atoms with E-state index in [1.807, 2.05) is 19.1 Å². The predicted molar refractivity (Wildman–Crippen MR) is 62.2 cm³/mol. The molecular formula is C13H15ClO. The van der Waals surface area contributed by atoms with Gasteiger partial charge in [-0.25, -0.2) is 0 Å². The number of carbonyl (C=O) groups is 1. The lowest BCUT2D eigenvalue weighted by atomic mass is 9.96. The fourth-order valence-corrected chi connectivity index (χ4v) is 2.34. The molecule has 1 nitrogen and oxygen atoms in total. The Kier molecular flexibility index (Phi) is 3.11. The molecule has 2 heteroatoms. The molecule has 1 aromatic carbocycles. The Bertz CT molecular complexity index is 384. The van der Waals surface area contributed by atoms with Crippen LogP contribution in [0.1, 0.15) is 30.4 Å². The molecular weight excluding hydrogens is 208 g/mol. The molecule has 0 amide bonds. The van der Waals surface area contributed by atoms with Gasteiger partial charge in [-0.2, -0.15) is 0 Å². The van der Waals surface area contributed by atoms with Gasteiger partial charge in [0.05, 0.1) is 0 Å². The molecule has 1 fully saturated rings. The molecule has 1 aliphatic carbocycles. The summed E-state index contributed by atoms with van der Waals surface area (Å²) in [7, 11) is 0. The van der Waals surface area contributed by atoms with E-state index in [-0.39, 0.29) is 5.92 Å². The Morgan fingerprint density at radius 3 is 2.87 bits per heavy atom. The first-order valence-corrected chi connectivity index (χ1v) is 5.82. The Morgan fingerprint density at radius 2 is 2.27 bits per heavy atom. The summed E-state index contributed by atoms with van der Waals surface area (Å²) in [6.45, 7) is 2.00. The first-order valence-electron chi connectivity index (χ1n) is 5.44. The van der Waals surface area contributed by atoms with Gasteiger partial charge in [-0.05, 0) is 43.4 Å². The smallest absolute Gasteiger partial charge is 0.136 e. The second-order valence-corrected chi connectivity index (χ2v) is 4.75. The van der Waals surface area contributed by atoms with Crippen molar-refractivity contribution in [2.45, 2.75) is 32.6 Å². The van der Waals surface area contributed by atoms with E-state index in [1.165, 1.54) is 5.56 Å². The molecule has 2 rings (SSSR count). The van der Waals surface area contributed by atoms with Crippen LogP contribution in [0.25, 0.3) is 0 Å². The van der Waals surface area contributed by atoms with E-state index in [0.717, 1.165) is 36.3 Å². The van der Waals surface area contributed by atoms with Gasteiger partial charge in [-0.3, -0.25) is 4.79 Å². The van der Waals surface area contributed by atoms with E-state index in [1.54, 1.807) is 0 Å². The van der Waals surface area contributed by atoms with Crippen molar-refractivity contribution in [3.63, 3.8) is 0 Å². The summed E-state index contributed by atoms with van der Waals surface area (Å²) in [5.41, 5.74) is 2.33. The molecule has 0 aliphatic heterocycles. The molecule has 1 aliphatic rings. The van der Waals surface area contributed by atoms with Gasteiger partial charge >= 0.3 is 0 Å². The van der Waals surface area contributed by atoms with Crippen molar-refractivity contribution >= 4 is 17.4 Å². The number of rotatable bonds is 2. The summed E-state index contributed by atoms with van der Waals surface area (Å²) in [4.78, 5) is 11.5. The minimum absolute atomic E-state index is 0.255. The van der Waals surface area contributed by atoms with E-state index in [4.69, 9.17) is 11.6 Å². The van der Waals surface area contributed by atoms with Crippen LogP contribution in [0.15, 0.2) is 18.2 Å². The highest BCUT2D eigenvalue weighted by Crippen LogP contribution is 2.26. The zero-order valence-corrected chi connectivity index (χ0v) is 9.68. The third kappa shape index (κ3) is 2.40. The average Bonchev–Trinajstić information content (AvgIpc) is 2.59. The molecule has 0 N–H and O–H groups in total. The van der Waals surface area contributed by atoms with Crippen molar-refractivity contribution in [2.24, 2.45) is 5.92 Å². The molecule has 0 radical (unpaired) electrons. The molecule has 0 heterocycles. The molecule has 0 saturated heterocycles. The highest BCUT2D eigenvalue weighted by Gasteiger charge is 2.24. The van der Waals surface area contributed by atoms with Crippen molar-refractivity contribution in [1.82, 2.24) is 0 Å².